The molecule has 94 valence electrons. The summed E-state index contributed by atoms with van der Waals surface area (Å²) >= 11 is -2.19. The van der Waals surface area contributed by atoms with Gasteiger partial charge in [-0.3, -0.25) is 4.21 Å². The maximum atomic E-state index is 11.3. The molecule has 0 amide bonds. The molecule has 1 aliphatic heterocycles. The summed E-state index contributed by atoms with van der Waals surface area (Å²) in [7, 11) is 0. The summed E-state index contributed by atoms with van der Waals surface area (Å²) in [5.41, 5.74) is 3.37. The van der Waals surface area contributed by atoms with Crippen molar-refractivity contribution in [3.05, 3.63) is 22.3 Å². The topological polar surface area (TPSA) is 49.4 Å². The molecule has 1 aromatic rings. The maximum absolute atomic E-state index is 11.3. The van der Waals surface area contributed by atoms with Crippen LogP contribution in [0.2, 0.25) is 0 Å². The Hall–Kier alpha value is -0.870. The molecule has 1 heterocycles. The van der Waals surface area contributed by atoms with Gasteiger partial charge in [0.25, 0.3) is 0 Å². The molecule has 1 atom stereocenters. The second-order valence-corrected chi connectivity index (χ2v) is 6.16. The van der Waals surface area contributed by atoms with E-state index in [1.807, 2.05) is 34.6 Å². The van der Waals surface area contributed by atoms with Gasteiger partial charge in [0.05, 0.1) is 0 Å². The highest BCUT2D eigenvalue weighted by atomic mass is 32.2. The second kappa shape index (κ2) is 3.82. The predicted octanol–water partition coefficient (Wildman–Crippen LogP) is 2.56. The average molecular weight is 253 g/mol. The van der Waals surface area contributed by atoms with Gasteiger partial charge in [0.15, 0.2) is 0 Å². The number of hydrogen-bond acceptors (Lipinski definition) is 3. The molecule has 17 heavy (non-hydrogen) atoms. The van der Waals surface area contributed by atoms with Gasteiger partial charge >= 0.3 is 0 Å². The third kappa shape index (κ3) is 1.89. The average Bonchev–Trinajstić information content (AvgIpc) is 2.51. The van der Waals surface area contributed by atoms with Crippen LogP contribution in [0.4, 0.5) is 0 Å². The number of fused-ring (bicyclic) bond motifs is 1. The van der Waals surface area contributed by atoms with Crippen LogP contribution in [0.25, 0.3) is 0 Å². The lowest BCUT2D eigenvalue weighted by Crippen LogP contribution is -2.24. The van der Waals surface area contributed by atoms with Crippen LogP contribution in [0, 0.1) is 20.8 Å². The van der Waals surface area contributed by atoms with Crippen molar-refractivity contribution in [2.24, 2.45) is 0 Å². The van der Waals surface area contributed by atoms with Crippen LogP contribution in [0.1, 0.15) is 36.1 Å². The van der Waals surface area contributed by atoms with E-state index in [9.17, 15) is 8.76 Å². The van der Waals surface area contributed by atoms with Gasteiger partial charge in [-0.25, -0.2) is 0 Å². The van der Waals surface area contributed by atoms with Crippen molar-refractivity contribution in [3.8, 4) is 5.75 Å². The second-order valence-electron chi connectivity index (χ2n) is 5.29. The Morgan fingerprint density at radius 3 is 2.29 bits per heavy atom. The maximum Gasteiger partial charge on any atom is 0.126 e. The molecule has 1 aromatic carbocycles. The van der Waals surface area contributed by atoms with Gasteiger partial charge in [0.2, 0.25) is 0 Å². The number of ether oxygens (including phenoxy) is 1. The predicted molar refractivity (Wildman–Crippen MR) is 66.2 cm³/mol. The molecule has 0 N–H and O–H groups in total. The summed E-state index contributed by atoms with van der Waals surface area (Å²) in [6, 6.07) is 0. The van der Waals surface area contributed by atoms with Crippen LogP contribution in [0.15, 0.2) is 4.90 Å². The van der Waals surface area contributed by atoms with Crippen LogP contribution in [0.5, 0.6) is 5.75 Å². The molecule has 0 bridgehead atoms. The first-order valence-corrected chi connectivity index (χ1v) is 6.73. The Bertz CT molecular complexity index is 518. The summed E-state index contributed by atoms with van der Waals surface area (Å²) in [5, 5.41) is 0. The fraction of sp³-hybridized carbons (Fsp3) is 0.538. The number of hydrogen-bond donors (Lipinski definition) is 0. The molecule has 0 aromatic heterocycles. The van der Waals surface area contributed by atoms with Gasteiger partial charge in [-0.05, 0) is 62.4 Å². The fourth-order valence-corrected chi connectivity index (χ4v) is 3.27. The largest absolute Gasteiger partial charge is 0.768 e. The van der Waals surface area contributed by atoms with E-state index in [4.69, 9.17) is 4.74 Å². The Labute approximate surface area is 104 Å². The quantitative estimate of drug-likeness (QED) is 0.723. The number of rotatable bonds is 1. The van der Waals surface area contributed by atoms with E-state index in [1.165, 1.54) is 0 Å². The van der Waals surface area contributed by atoms with Gasteiger partial charge in [-0.2, -0.15) is 0 Å². The third-order valence-electron chi connectivity index (χ3n) is 3.46. The normalized spacial score (nSPS) is 18.7. The van der Waals surface area contributed by atoms with Gasteiger partial charge in [-0.1, -0.05) is 0 Å². The zero-order valence-corrected chi connectivity index (χ0v) is 11.7. The standard InChI is InChI=1S/C13H18O3S/c1-7-8(2)12(17(14)15)9(3)10-6-13(4,5)16-11(7)10/h6H2,1-5H3,(H,14,15)/p-1. The van der Waals surface area contributed by atoms with Crippen LogP contribution in [0.3, 0.4) is 0 Å². The fourth-order valence-electron chi connectivity index (χ4n) is 2.49. The molecule has 3 nitrogen and oxygen atoms in total. The molecule has 2 rings (SSSR count). The van der Waals surface area contributed by atoms with E-state index in [1.54, 1.807) is 0 Å². The van der Waals surface area contributed by atoms with Crippen molar-refractivity contribution < 1.29 is 13.5 Å². The van der Waals surface area contributed by atoms with Gasteiger partial charge < -0.3 is 9.29 Å². The van der Waals surface area contributed by atoms with E-state index in [0.717, 1.165) is 34.4 Å². The zero-order valence-electron chi connectivity index (χ0n) is 10.8. The summed E-state index contributed by atoms with van der Waals surface area (Å²) in [5.74, 6) is 0.874. The molecule has 0 fully saturated rings. The first kappa shape index (κ1) is 12.6. The van der Waals surface area contributed by atoms with Crippen molar-refractivity contribution in [3.63, 3.8) is 0 Å². The molecule has 0 saturated heterocycles. The highest BCUT2D eigenvalue weighted by molar-refractivity contribution is 7.79. The van der Waals surface area contributed by atoms with E-state index >= 15 is 0 Å². The highest BCUT2D eigenvalue weighted by Crippen LogP contribution is 2.43. The summed E-state index contributed by atoms with van der Waals surface area (Å²) < 4.78 is 28.6. The van der Waals surface area contributed by atoms with Crippen molar-refractivity contribution in [1.29, 1.82) is 0 Å². The SMILES string of the molecule is Cc1c(C)c(S(=O)[O-])c(C)c2c1OC(C)(C)C2. The zero-order chi connectivity index (χ0) is 13.0. The molecule has 0 aliphatic carbocycles. The minimum atomic E-state index is -2.19. The van der Waals surface area contributed by atoms with Gasteiger partial charge in [0, 0.05) is 16.9 Å². The molecular formula is C13H17O3S-. The molecule has 0 saturated carbocycles. The van der Waals surface area contributed by atoms with E-state index in [-0.39, 0.29) is 5.60 Å². The third-order valence-corrected chi connectivity index (χ3v) is 4.40. The van der Waals surface area contributed by atoms with Crippen molar-refractivity contribution in [2.45, 2.75) is 51.5 Å². The van der Waals surface area contributed by atoms with E-state index in [0.29, 0.717) is 4.90 Å². The molecule has 1 unspecified atom stereocenters. The number of benzene rings is 1. The van der Waals surface area contributed by atoms with Crippen molar-refractivity contribution in [1.82, 2.24) is 0 Å². The first-order valence-electron chi connectivity index (χ1n) is 5.65. The van der Waals surface area contributed by atoms with Crippen molar-refractivity contribution in [2.75, 3.05) is 0 Å². The Kier molecular flexibility index (Phi) is 2.83. The lowest BCUT2D eigenvalue weighted by Gasteiger charge is -2.19. The van der Waals surface area contributed by atoms with E-state index < -0.39 is 11.1 Å². The molecule has 4 heteroatoms. The highest BCUT2D eigenvalue weighted by Gasteiger charge is 2.34. The van der Waals surface area contributed by atoms with Gasteiger partial charge in [0.1, 0.15) is 11.4 Å². The van der Waals surface area contributed by atoms with E-state index in [2.05, 4.69) is 0 Å². The Morgan fingerprint density at radius 2 is 1.76 bits per heavy atom. The van der Waals surface area contributed by atoms with Crippen LogP contribution < -0.4 is 4.74 Å². The lowest BCUT2D eigenvalue weighted by atomic mass is 9.94. The first-order chi connectivity index (χ1) is 7.74. The summed E-state index contributed by atoms with van der Waals surface area (Å²) in [6.07, 6.45) is 0.763. The summed E-state index contributed by atoms with van der Waals surface area (Å²) in [6.45, 7) is 9.67. The molecule has 0 radical (unpaired) electrons. The Morgan fingerprint density at radius 1 is 1.18 bits per heavy atom. The minimum Gasteiger partial charge on any atom is -0.768 e. The van der Waals surface area contributed by atoms with Crippen LogP contribution >= 0.6 is 0 Å². The Balaban J connectivity index is 2.74. The van der Waals surface area contributed by atoms with Crippen LogP contribution in [-0.4, -0.2) is 14.4 Å². The smallest absolute Gasteiger partial charge is 0.126 e. The molecular weight excluding hydrogens is 236 g/mol. The van der Waals surface area contributed by atoms with Gasteiger partial charge in [-0.15, -0.1) is 0 Å². The molecule has 0 spiro atoms. The summed E-state index contributed by atoms with van der Waals surface area (Å²) in [4.78, 5) is 0.433. The molecule has 1 aliphatic rings. The minimum absolute atomic E-state index is 0.243. The van der Waals surface area contributed by atoms with Crippen molar-refractivity contribution >= 4 is 11.1 Å². The monoisotopic (exact) mass is 253 g/mol. The van der Waals surface area contributed by atoms with Crippen LogP contribution in [-0.2, 0) is 17.5 Å². The lowest BCUT2D eigenvalue weighted by molar-refractivity contribution is 0.137.